The Morgan fingerprint density at radius 3 is 2.77 bits per heavy atom. The number of aromatic nitrogens is 3. The highest BCUT2D eigenvalue weighted by atomic mass is 32.1. The van der Waals surface area contributed by atoms with Crippen molar-refractivity contribution in [2.45, 2.75) is 52.5 Å². The topological polar surface area (TPSA) is 84.1 Å². The Labute approximate surface area is 179 Å². The number of carbonyl (C=O) groups is 1. The molecule has 3 aromatic heterocycles. The number of anilines is 1. The van der Waals surface area contributed by atoms with Gasteiger partial charge in [0.1, 0.15) is 0 Å². The number of hydrogen-bond donors (Lipinski definition) is 1. The monoisotopic (exact) mass is 425 g/mol. The second-order valence-electron chi connectivity index (χ2n) is 9.06. The second-order valence-corrected chi connectivity index (χ2v) is 9.91. The number of hydrogen-bond acceptors (Lipinski definition) is 7. The molecule has 1 saturated carbocycles. The first-order chi connectivity index (χ1) is 14.5. The molecular formula is C22H27N5O2S. The highest BCUT2D eigenvalue weighted by molar-refractivity contribution is 7.14. The first-order valence-electron chi connectivity index (χ1n) is 10.7. The van der Waals surface area contributed by atoms with Gasteiger partial charge in [0.15, 0.2) is 5.13 Å². The van der Waals surface area contributed by atoms with E-state index in [4.69, 9.17) is 4.52 Å². The van der Waals surface area contributed by atoms with Gasteiger partial charge in [-0.1, -0.05) is 19.0 Å². The number of nitrogens with one attached hydrogen (secondary N) is 1. The summed E-state index contributed by atoms with van der Waals surface area (Å²) in [5.74, 6) is 1.67. The van der Waals surface area contributed by atoms with E-state index in [1.54, 1.807) is 0 Å². The molecule has 0 spiro atoms. The first kappa shape index (κ1) is 19.6. The summed E-state index contributed by atoms with van der Waals surface area (Å²) in [4.78, 5) is 24.8. The number of fused-ring (bicyclic) bond motifs is 1. The van der Waals surface area contributed by atoms with Crippen LogP contribution < -0.4 is 5.32 Å². The zero-order chi connectivity index (χ0) is 20.8. The third-order valence-electron chi connectivity index (χ3n) is 5.98. The van der Waals surface area contributed by atoms with Crippen LogP contribution in [0.1, 0.15) is 66.5 Å². The second kappa shape index (κ2) is 7.74. The standard InChI is InChI=1S/C22H27N5O2S/c1-12-6-13(2)9-27(8-12)10-16-11-30-22(23-16)25-20(28)17-7-18(15-4-5-15)24-21-19(17)14(3)26-29-21/h7,11-13,15H,4-6,8-10H2,1-3H3,(H,23,25,28)/t12-,13-/m1/s1. The van der Waals surface area contributed by atoms with Gasteiger partial charge in [0.25, 0.3) is 11.6 Å². The Kier molecular flexibility index (Phi) is 5.06. The van der Waals surface area contributed by atoms with Gasteiger partial charge in [-0.2, -0.15) is 0 Å². The van der Waals surface area contributed by atoms with Crippen LogP contribution in [0.25, 0.3) is 11.1 Å². The third kappa shape index (κ3) is 3.98. The van der Waals surface area contributed by atoms with Crippen LogP contribution in [0.3, 0.4) is 0 Å². The fourth-order valence-corrected chi connectivity index (χ4v) is 5.33. The number of amides is 1. The molecule has 1 aliphatic carbocycles. The maximum atomic E-state index is 13.1. The van der Waals surface area contributed by atoms with Crippen molar-refractivity contribution in [1.29, 1.82) is 0 Å². The number of nitrogens with zero attached hydrogens (tertiary/aromatic N) is 4. The molecule has 2 aliphatic rings. The number of pyridine rings is 1. The molecule has 7 nitrogen and oxygen atoms in total. The van der Waals surface area contributed by atoms with E-state index in [9.17, 15) is 4.79 Å². The maximum Gasteiger partial charge on any atom is 0.259 e. The molecule has 158 valence electrons. The summed E-state index contributed by atoms with van der Waals surface area (Å²) in [6, 6.07) is 1.89. The lowest BCUT2D eigenvalue weighted by atomic mass is 9.92. The summed E-state index contributed by atoms with van der Waals surface area (Å²) in [7, 11) is 0. The Morgan fingerprint density at radius 2 is 2.03 bits per heavy atom. The molecule has 0 unspecified atom stereocenters. The fraction of sp³-hybridized carbons (Fsp3) is 0.545. The summed E-state index contributed by atoms with van der Waals surface area (Å²) in [5.41, 5.74) is 3.61. The van der Waals surface area contributed by atoms with E-state index in [0.29, 0.717) is 45.2 Å². The molecule has 0 radical (unpaired) electrons. The van der Waals surface area contributed by atoms with Crippen molar-refractivity contribution in [2.24, 2.45) is 11.8 Å². The Bertz CT molecular complexity index is 1080. The van der Waals surface area contributed by atoms with Crippen LogP contribution in [0.4, 0.5) is 5.13 Å². The van der Waals surface area contributed by atoms with E-state index in [-0.39, 0.29) is 5.91 Å². The van der Waals surface area contributed by atoms with Crippen LogP contribution >= 0.6 is 11.3 Å². The van der Waals surface area contributed by atoms with Crippen molar-refractivity contribution < 1.29 is 9.32 Å². The largest absolute Gasteiger partial charge is 0.336 e. The predicted molar refractivity (Wildman–Crippen MR) is 117 cm³/mol. The van der Waals surface area contributed by atoms with Gasteiger partial charge in [-0.05, 0) is 44.1 Å². The van der Waals surface area contributed by atoms with Gasteiger partial charge in [-0.25, -0.2) is 9.97 Å². The van der Waals surface area contributed by atoms with Crippen molar-refractivity contribution in [3.05, 3.63) is 34.1 Å². The Balaban J connectivity index is 1.33. The zero-order valence-corrected chi connectivity index (χ0v) is 18.5. The van der Waals surface area contributed by atoms with Crippen molar-refractivity contribution in [3.8, 4) is 0 Å². The summed E-state index contributed by atoms with van der Waals surface area (Å²) < 4.78 is 5.35. The third-order valence-corrected chi connectivity index (χ3v) is 6.79. The number of thiazole rings is 1. The highest BCUT2D eigenvalue weighted by Gasteiger charge is 2.29. The number of carbonyl (C=O) groups excluding carboxylic acids is 1. The molecule has 2 atom stereocenters. The minimum atomic E-state index is -0.184. The molecule has 3 aromatic rings. The lowest BCUT2D eigenvalue weighted by Crippen LogP contribution is -2.38. The molecule has 5 rings (SSSR count). The molecule has 0 bridgehead atoms. The minimum Gasteiger partial charge on any atom is -0.336 e. The summed E-state index contributed by atoms with van der Waals surface area (Å²) in [6.07, 6.45) is 3.51. The van der Waals surface area contributed by atoms with Crippen LogP contribution in [-0.2, 0) is 6.54 Å². The van der Waals surface area contributed by atoms with Crippen LogP contribution in [0.15, 0.2) is 16.0 Å². The van der Waals surface area contributed by atoms with Gasteiger partial charge in [0.2, 0.25) is 0 Å². The minimum absolute atomic E-state index is 0.184. The maximum absolute atomic E-state index is 13.1. The molecule has 1 saturated heterocycles. The number of aryl methyl sites for hydroxylation is 1. The molecule has 8 heteroatoms. The van der Waals surface area contributed by atoms with Crippen molar-refractivity contribution in [1.82, 2.24) is 20.0 Å². The molecule has 0 aromatic carbocycles. The van der Waals surface area contributed by atoms with Crippen molar-refractivity contribution in [3.63, 3.8) is 0 Å². The average Bonchev–Trinajstić information content (AvgIpc) is 3.36. The molecular weight excluding hydrogens is 398 g/mol. The predicted octanol–water partition coefficient (Wildman–Crippen LogP) is 4.60. The molecule has 30 heavy (non-hydrogen) atoms. The zero-order valence-electron chi connectivity index (χ0n) is 17.6. The molecule has 1 amide bonds. The summed E-state index contributed by atoms with van der Waals surface area (Å²) in [5, 5.41) is 10.3. The van der Waals surface area contributed by atoms with E-state index in [2.05, 4.69) is 39.2 Å². The highest BCUT2D eigenvalue weighted by Crippen LogP contribution is 2.40. The van der Waals surface area contributed by atoms with Crippen LogP contribution in [0.2, 0.25) is 0 Å². The fourth-order valence-electron chi connectivity index (χ4n) is 4.63. The first-order valence-corrected chi connectivity index (χ1v) is 11.6. The molecule has 1 N–H and O–H groups in total. The van der Waals surface area contributed by atoms with Crippen LogP contribution in [-0.4, -0.2) is 39.0 Å². The van der Waals surface area contributed by atoms with E-state index in [1.165, 1.54) is 17.8 Å². The van der Waals surface area contributed by atoms with Gasteiger partial charge >= 0.3 is 0 Å². The van der Waals surface area contributed by atoms with Crippen LogP contribution in [0.5, 0.6) is 0 Å². The molecule has 2 fully saturated rings. The lowest BCUT2D eigenvalue weighted by molar-refractivity contribution is 0.102. The SMILES string of the molecule is Cc1noc2nc(C3CC3)cc(C(=O)Nc3nc(CN4C[C@H](C)C[C@@H](C)C4)cs3)c12. The average molecular weight is 426 g/mol. The van der Waals surface area contributed by atoms with E-state index < -0.39 is 0 Å². The van der Waals surface area contributed by atoms with Crippen molar-refractivity contribution >= 4 is 33.5 Å². The van der Waals surface area contributed by atoms with Gasteiger partial charge in [0, 0.05) is 36.6 Å². The van der Waals surface area contributed by atoms with Gasteiger partial charge in [-0.3, -0.25) is 15.0 Å². The Hall–Kier alpha value is -2.32. The number of piperidine rings is 1. The van der Waals surface area contributed by atoms with E-state index >= 15 is 0 Å². The number of likely N-dealkylation sites (tertiary alicyclic amines) is 1. The molecule has 4 heterocycles. The van der Waals surface area contributed by atoms with Gasteiger partial charge < -0.3 is 4.52 Å². The van der Waals surface area contributed by atoms with E-state index in [1.807, 2.05) is 18.4 Å². The lowest BCUT2D eigenvalue weighted by Gasteiger charge is -2.34. The summed E-state index contributed by atoms with van der Waals surface area (Å²) >= 11 is 1.47. The summed E-state index contributed by atoms with van der Waals surface area (Å²) in [6.45, 7) is 9.51. The van der Waals surface area contributed by atoms with E-state index in [0.717, 1.165) is 43.9 Å². The van der Waals surface area contributed by atoms with Crippen LogP contribution in [0, 0.1) is 18.8 Å². The Morgan fingerprint density at radius 1 is 1.27 bits per heavy atom. The number of rotatable bonds is 5. The van der Waals surface area contributed by atoms with Gasteiger partial charge in [0.05, 0.1) is 22.3 Å². The molecule has 1 aliphatic heterocycles. The van der Waals surface area contributed by atoms with Crippen molar-refractivity contribution in [2.75, 3.05) is 18.4 Å². The normalized spacial score (nSPS) is 22.5. The smallest absolute Gasteiger partial charge is 0.259 e. The van der Waals surface area contributed by atoms with Gasteiger partial charge in [-0.15, -0.1) is 11.3 Å². The quantitative estimate of drug-likeness (QED) is 0.643.